The van der Waals surface area contributed by atoms with Gasteiger partial charge in [-0.3, -0.25) is 4.98 Å². The molecule has 1 N–H and O–H groups in total. The fourth-order valence-corrected chi connectivity index (χ4v) is 1.79. The first-order valence-corrected chi connectivity index (χ1v) is 5.82. The van der Waals surface area contributed by atoms with Crippen molar-refractivity contribution in [3.05, 3.63) is 35.7 Å². The van der Waals surface area contributed by atoms with Crippen LogP contribution in [0.3, 0.4) is 0 Å². The molecule has 0 saturated heterocycles. The highest BCUT2D eigenvalue weighted by molar-refractivity contribution is 5.67. The zero-order chi connectivity index (χ0) is 13.1. The van der Waals surface area contributed by atoms with Crippen LogP contribution in [0, 0.1) is 12.7 Å². The van der Waals surface area contributed by atoms with Crippen LogP contribution in [0.15, 0.2) is 18.5 Å². The monoisotopic (exact) mass is 246 g/mol. The lowest BCUT2D eigenvalue weighted by atomic mass is 10.1. The molecule has 0 fully saturated rings. The first-order chi connectivity index (χ1) is 8.65. The summed E-state index contributed by atoms with van der Waals surface area (Å²) in [6, 6.07) is 1.43. The molecule has 0 aliphatic rings. The zero-order valence-corrected chi connectivity index (χ0v) is 10.7. The predicted molar refractivity (Wildman–Crippen MR) is 68.9 cm³/mol. The summed E-state index contributed by atoms with van der Waals surface area (Å²) < 4.78 is 13.2. The number of anilines is 1. The van der Waals surface area contributed by atoms with Gasteiger partial charge in [-0.2, -0.15) is 0 Å². The highest BCUT2D eigenvalue weighted by atomic mass is 19.1. The van der Waals surface area contributed by atoms with Gasteiger partial charge in [-0.05, 0) is 13.0 Å². The smallest absolute Gasteiger partial charge is 0.142 e. The molecule has 0 aliphatic heterocycles. The minimum absolute atomic E-state index is 0.366. The Morgan fingerprint density at radius 1 is 1.28 bits per heavy atom. The van der Waals surface area contributed by atoms with Crippen LogP contribution < -0.4 is 5.32 Å². The second kappa shape index (κ2) is 5.08. The van der Waals surface area contributed by atoms with Gasteiger partial charge in [-0.1, -0.05) is 6.92 Å². The van der Waals surface area contributed by atoms with Crippen LogP contribution in [-0.4, -0.2) is 22.0 Å². The summed E-state index contributed by atoms with van der Waals surface area (Å²) in [5.41, 5.74) is 2.28. The Bertz CT molecular complexity index is 569. The Balaban J connectivity index is 2.62. The molecule has 0 bridgehead atoms. The fourth-order valence-electron chi connectivity index (χ4n) is 1.79. The van der Waals surface area contributed by atoms with Crippen molar-refractivity contribution in [2.24, 2.45) is 0 Å². The number of nitrogens with one attached hydrogen (secondary N) is 1. The lowest BCUT2D eigenvalue weighted by molar-refractivity contribution is 0.622. The third kappa shape index (κ3) is 2.30. The van der Waals surface area contributed by atoms with E-state index in [1.807, 2.05) is 20.9 Å². The third-order valence-electron chi connectivity index (χ3n) is 2.72. The van der Waals surface area contributed by atoms with Crippen LogP contribution in [-0.2, 0) is 6.42 Å². The van der Waals surface area contributed by atoms with Gasteiger partial charge in [0.2, 0.25) is 0 Å². The number of halogens is 1. The summed E-state index contributed by atoms with van der Waals surface area (Å²) in [6.45, 7) is 3.89. The third-order valence-corrected chi connectivity index (χ3v) is 2.72. The normalized spacial score (nSPS) is 10.4. The SMILES string of the molecule is CCc1nc(NC)c(C)c(-c2cncc(F)c2)n1. The van der Waals surface area contributed by atoms with Crippen molar-refractivity contribution in [2.75, 3.05) is 12.4 Å². The molecule has 0 radical (unpaired) electrons. The molecule has 0 amide bonds. The summed E-state index contributed by atoms with van der Waals surface area (Å²) in [6.07, 6.45) is 3.52. The summed E-state index contributed by atoms with van der Waals surface area (Å²) in [4.78, 5) is 12.7. The number of hydrogen-bond acceptors (Lipinski definition) is 4. The first kappa shape index (κ1) is 12.4. The fraction of sp³-hybridized carbons (Fsp3) is 0.308. The van der Waals surface area contributed by atoms with Gasteiger partial charge < -0.3 is 5.32 Å². The van der Waals surface area contributed by atoms with E-state index in [0.29, 0.717) is 5.56 Å². The van der Waals surface area contributed by atoms with Crippen molar-refractivity contribution >= 4 is 5.82 Å². The van der Waals surface area contributed by atoms with Crippen molar-refractivity contribution in [3.8, 4) is 11.3 Å². The van der Waals surface area contributed by atoms with E-state index in [4.69, 9.17) is 0 Å². The van der Waals surface area contributed by atoms with Gasteiger partial charge >= 0.3 is 0 Å². The highest BCUT2D eigenvalue weighted by Crippen LogP contribution is 2.25. The van der Waals surface area contributed by atoms with E-state index in [2.05, 4.69) is 20.3 Å². The van der Waals surface area contributed by atoms with Gasteiger partial charge in [-0.15, -0.1) is 0 Å². The average Bonchev–Trinajstić information content (AvgIpc) is 2.39. The van der Waals surface area contributed by atoms with Crippen molar-refractivity contribution in [2.45, 2.75) is 20.3 Å². The molecule has 0 aliphatic carbocycles. The van der Waals surface area contributed by atoms with E-state index in [1.165, 1.54) is 12.3 Å². The quantitative estimate of drug-likeness (QED) is 0.904. The molecule has 18 heavy (non-hydrogen) atoms. The minimum atomic E-state index is -0.366. The van der Waals surface area contributed by atoms with Gasteiger partial charge in [0.25, 0.3) is 0 Å². The van der Waals surface area contributed by atoms with Crippen LogP contribution in [0.1, 0.15) is 18.3 Å². The number of hydrogen-bond donors (Lipinski definition) is 1. The van der Waals surface area contributed by atoms with Crippen molar-refractivity contribution in [3.63, 3.8) is 0 Å². The van der Waals surface area contributed by atoms with Crippen LogP contribution in [0.5, 0.6) is 0 Å². The number of pyridine rings is 1. The van der Waals surface area contributed by atoms with Crippen molar-refractivity contribution in [1.29, 1.82) is 0 Å². The second-order valence-electron chi connectivity index (χ2n) is 3.96. The van der Waals surface area contributed by atoms with Crippen LogP contribution in [0.2, 0.25) is 0 Å². The van der Waals surface area contributed by atoms with Gasteiger partial charge in [0.05, 0.1) is 11.9 Å². The number of rotatable bonds is 3. The molecule has 4 nitrogen and oxygen atoms in total. The lowest BCUT2D eigenvalue weighted by Crippen LogP contribution is -2.04. The highest BCUT2D eigenvalue weighted by Gasteiger charge is 2.11. The Kier molecular flexibility index (Phi) is 3.50. The molecule has 5 heteroatoms. The maximum absolute atomic E-state index is 13.2. The summed E-state index contributed by atoms with van der Waals surface area (Å²) in [5.74, 6) is 1.12. The molecule has 2 heterocycles. The maximum atomic E-state index is 13.2. The standard InChI is InChI=1S/C13H15FN4/c1-4-11-17-12(8(2)13(15-3)18-11)9-5-10(14)7-16-6-9/h5-7H,4H2,1-3H3,(H,15,17,18). The Morgan fingerprint density at radius 3 is 2.67 bits per heavy atom. The van der Waals surface area contributed by atoms with E-state index in [-0.39, 0.29) is 5.82 Å². The molecule has 0 unspecified atom stereocenters. The Morgan fingerprint density at radius 2 is 2.06 bits per heavy atom. The van der Waals surface area contributed by atoms with E-state index in [1.54, 1.807) is 6.20 Å². The van der Waals surface area contributed by atoms with E-state index in [0.717, 1.165) is 29.3 Å². The van der Waals surface area contributed by atoms with Crippen LogP contribution >= 0.6 is 0 Å². The molecular weight excluding hydrogens is 231 g/mol. The van der Waals surface area contributed by atoms with Gasteiger partial charge in [0.1, 0.15) is 17.5 Å². The average molecular weight is 246 g/mol. The van der Waals surface area contributed by atoms with Crippen molar-refractivity contribution < 1.29 is 4.39 Å². The van der Waals surface area contributed by atoms with Crippen LogP contribution in [0.25, 0.3) is 11.3 Å². The Hall–Kier alpha value is -2.04. The van der Waals surface area contributed by atoms with Gasteiger partial charge in [0, 0.05) is 30.8 Å². The maximum Gasteiger partial charge on any atom is 0.142 e. The van der Waals surface area contributed by atoms with Gasteiger partial charge in [-0.25, -0.2) is 14.4 Å². The van der Waals surface area contributed by atoms with Crippen LogP contribution in [0.4, 0.5) is 10.2 Å². The number of aryl methyl sites for hydroxylation is 1. The number of aromatic nitrogens is 3. The zero-order valence-electron chi connectivity index (χ0n) is 10.7. The second-order valence-corrected chi connectivity index (χ2v) is 3.96. The molecule has 0 saturated carbocycles. The van der Waals surface area contributed by atoms with E-state index < -0.39 is 0 Å². The largest absolute Gasteiger partial charge is 0.373 e. The molecular formula is C13H15FN4. The summed E-state index contributed by atoms with van der Waals surface area (Å²) in [5, 5.41) is 3.03. The first-order valence-electron chi connectivity index (χ1n) is 5.82. The lowest BCUT2D eigenvalue weighted by Gasteiger charge is -2.11. The molecule has 2 rings (SSSR count). The van der Waals surface area contributed by atoms with Gasteiger partial charge in [0.15, 0.2) is 0 Å². The Labute approximate surface area is 105 Å². The number of nitrogens with zero attached hydrogens (tertiary/aromatic N) is 3. The summed E-state index contributed by atoms with van der Waals surface area (Å²) in [7, 11) is 1.81. The molecule has 0 spiro atoms. The predicted octanol–water partition coefficient (Wildman–Crippen LogP) is 2.59. The molecule has 2 aromatic heterocycles. The molecule has 0 atom stereocenters. The molecule has 0 aromatic carbocycles. The van der Waals surface area contributed by atoms with E-state index >= 15 is 0 Å². The molecule has 2 aromatic rings. The van der Waals surface area contributed by atoms with E-state index in [9.17, 15) is 4.39 Å². The summed E-state index contributed by atoms with van der Waals surface area (Å²) >= 11 is 0. The topological polar surface area (TPSA) is 50.7 Å². The van der Waals surface area contributed by atoms with Crippen molar-refractivity contribution in [1.82, 2.24) is 15.0 Å². The molecule has 94 valence electrons. The minimum Gasteiger partial charge on any atom is -0.373 e.